The Bertz CT molecular complexity index is 1050. The van der Waals surface area contributed by atoms with Gasteiger partial charge in [0.2, 0.25) is 10.0 Å². The lowest BCUT2D eigenvalue weighted by molar-refractivity contribution is -0.133. The van der Waals surface area contributed by atoms with E-state index in [9.17, 15) is 26.4 Å². The van der Waals surface area contributed by atoms with E-state index in [2.05, 4.69) is 0 Å². The third-order valence-corrected chi connectivity index (χ3v) is 4.89. The van der Waals surface area contributed by atoms with Gasteiger partial charge in [-0.1, -0.05) is 6.07 Å². The number of nitrogens with two attached hydrogens (primary N) is 1. The summed E-state index contributed by atoms with van der Waals surface area (Å²) in [5.41, 5.74) is 0.694. The number of hydrogen-bond donors (Lipinski definition) is 1. The molecule has 5 nitrogen and oxygen atoms in total. The zero-order chi connectivity index (χ0) is 19.2. The second-order valence-corrected chi connectivity index (χ2v) is 7.21. The molecule has 0 radical (unpaired) electrons. The predicted molar refractivity (Wildman–Crippen MR) is 86.6 cm³/mol. The number of esters is 1. The summed E-state index contributed by atoms with van der Waals surface area (Å²) in [6, 6.07) is 5.43. The molecule has 2 aromatic carbocycles. The number of halogens is 3. The average Bonchev–Trinajstić information content (AvgIpc) is 2.89. The largest absolute Gasteiger partial charge is 0.457 e. The first-order chi connectivity index (χ1) is 12.1. The van der Waals surface area contributed by atoms with Gasteiger partial charge in [0.05, 0.1) is 5.57 Å². The number of hydrogen-bond acceptors (Lipinski definition) is 4. The molecule has 0 saturated carbocycles. The normalized spacial score (nSPS) is 14.7. The Morgan fingerprint density at radius 2 is 1.62 bits per heavy atom. The van der Waals surface area contributed by atoms with Crippen LogP contribution in [0.1, 0.15) is 16.7 Å². The molecule has 2 N–H and O–H groups in total. The Kier molecular flexibility index (Phi) is 4.37. The van der Waals surface area contributed by atoms with E-state index in [0.29, 0.717) is 5.56 Å². The highest BCUT2D eigenvalue weighted by Crippen LogP contribution is 2.35. The van der Waals surface area contributed by atoms with E-state index in [1.54, 1.807) is 0 Å². The summed E-state index contributed by atoms with van der Waals surface area (Å²) < 4.78 is 69.2. The van der Waals surface area contributed by atoms with Crippen LogP contribution in [0, 0.1) is 24.4 Å². The van der Waals surface area contributed by atoms with Crippen LogP contribution in [0.5, 0.6) is 0 Å². The highest BCUT2D eigenvalue weighted by molar-refractivity contribution is 7.89. The van der Waals surface area contributed by atoms with Gasteiger partial charge in [0, 0.05) is 5.57 Å². The topological polar surface area (TPSA) is 86.5 Å². The van der Waals surface area contributed by atoms with Gasteiger partial charge in [-0.05, 0) is 47.9 Å². The Morgan fingerprint density at radius 3 is 2.15 bits per heavy atom. The molecule has 9 heteroatoms. The third-order valence-electron chi connectivity index (χ3n) is 3.93. The van der Waals surface area contributed by atoms with Crippen LogP contribution in [-0.2, 0) is 19.6 Å². The fourth-order valence-electron chi connectivity index (χ4n) is 2.73. The standard InChI is InChI=1S/C17H12F3NO4S/c1-8-4-9(2-3-12(8)18)15-11(7-25-17(15)22)10-5-13(19)16(14(20)6-10)26(21,23)24/h2-6H,7H2,1H3,(H2,21,23,24). The lowest BCUT2D eigenvalue weighted by Crippen LogP contribution is -2.16. The second kappa shape index (κ2) is 6.26. The highest BCUT2D eigenvalue weighted by atomic mass is 32.2. The van der Waals surface area contributed by atoms with Gasteiger partial charge in [-0.2, -0.15) is 0 Å². The van der Waals surface area contributed by atoms with Gasteiger partial charge >= 0.3 is 5.97 Å². The van der Waals surface area contributed by atoms with E-state index in [0.717, 1.165) is 18.2 Å². The summed E-state index contributed by atoms with van der Waals surface area (Å²) in [7, 11) is -4.60. The maximum absolute atomic E-state index is 14.1. The van der Waals surface area contributed by atoms with Crippen LogP contribution in [0.2, 0.25) is 0 Å². The predicted octanol–water partition coefficient (Wildman–Crippen LogP) is 2.53. The van der Waals surface area contributed by atoms with Crippen LogP contribution in [0.3, 0.4) is 0 Å². The van der Waals surface area contributed by atoms with E-state index in [-0.39, 0.29) is 28.9 Å². The molecule has 0 atom stereocenters. The zero-order valence-corrected chi connectivity index (χ0v) is 14.2. The molecule has 0 aromatic heterocycles. The van der Waals surface area contributed by atoms with E-state index in [4.69, 9.17) is 9.88 Å². The molecule has 0 fully saturated rings. The number of rotatable bonds is 3. The molecule has 3 rings (SSSR count). The van der Waals surface area contributed by atoms with Gasteiger partial charge in [0.25, 0.3) is 0 Å². The van der Waals surface area contributed by atoms with Crippen LogP contribution in [-0.4, -0.2) is 21.0 Å². The van der Waals surface area contributed by atoms with E-state index >= 15 is 0 Å². The van der Waals surface area contributed by atoms with Crippen LogP contribution in [0.4, 0.5) is 13.2 Å². The van der Waals surface area contributed by atoms with Gasteiger partial charge in [0.15, 0.2) is 4.90 Å². The first-order valence-electron chi connectivity index (χ1n) is 7.28. The van der Waals surface area contributed by atoms with Crippen molar-refractivity contribution in [1.82, 2.24) is 0 Å². The smallest absolute Gasteiger partial charge is 0.339 e. The maximum atomic E-state index is 14.1. The molecule has 0 spiro atoms. The minimum atomic E-state index is -4.60. The number of primary sulfonamides is 1. The number of carbonyl (C=O) groups is 1. The molecule has 136 valence electrons. The van der Waals surface area contributed by atoms with Crippen molar-refractivity contribution in [2.45, 2.75) is 11.8 Å². The molecule has 0 unspecified atom stereocenters. The van der Waals surface area contributed by atoms with Crippen molar-refractivity contribution in [3.8, 4) is 0 Å². The number of aryl methyl sites for hydroxylation is 1. The third kappa shape index (κ3) is 3.11. The fourth-order valence-corrected chi connectivity index (χ4v) is 3.39. The maximum Gasteiger partial charge on any atom is 0.339 e. The van der Waals surface area contributed by atoms with Gasteiger partial charge in [0.1, 0.15) is 24.1 Å². The van der Waals surface area contributed by atoms with Crippen molar-refractivity contribution in [3.63, 3.8) is 0 Å². The monoisotopic (exact) mass is 383 g/mol. The van der Waals surface area contributed by atoms with E-state index in [1.165, 1.54) is 19.1 Å². The molecule has 0 amide bonds. The first-order valence-corrected chi connectivity index (χ1v) is 8.83. The Hall–Kier alpha value is -2.65. The molecular weight excluding hydrogens is 371 g/mol. The van der Waals surface area contributed by atoms with Crippen molar-refractivity contribution in [3.05, 3.63) is 64.5 Å². The Morgan fingerprint density at radius 1 is 1.00 bits per heavy atom. The summed E-state index contributed by atoms with van der Waals surface area (Å²) in [6.07, 6.45) is 0. The molecule has 0 saturated heterocycles. The number of cyclic esters (lactones) is 1. The molecule has 1 heterocycles. The summed E-state index contributed by atoms with van der Waals surface area (Å²) in [4.78, 5) is 10.8. The number of benzene rings is 2. The van der Waals surface area contributed by atoms with Crippen LogP contribution >= 0.6 is 0 Å². The average molecular weight is 383 g/mol. The molecule has 0 bridgehead atoms. The molecular formula is C17H12F3NO4S. The van der Waals surface area contributed by atoms with Crippen LogP contribution < -0.4 is 5.14 Å². The van der Waals surface area contributed by atoms with Crippen molar-refractivity contribution < 1.29 is 31.1 Å². The molecule has 26 heavy (non-hydrogen) atoms. The number of sulfonamides is 1. The second-order valence-electron chi connectivity index (χ2n) is 5.71. The summed E-state index contributed by atoms with van der Waals surface area (Å²) >= 11 is 0. The zero-order valence-electron chi connectivity index (χ0n) is 13.3. The van der Waals surface area contributed by atoms with E-state index in [1.807, 2.05) is 0 Å². The minimum absolute atomic E-state index is 0.0234. The van der Waals surface area contributed by atoms with Crippen LogP contribution in [0.25, 0.3) is 11.1 Å². The first kappa shape index (κ1) is 18.2. The van der Waals surface area contributed by atoms with Crippen molar-refractivity contribution in [2.75, 3.05) is 6.61 Å². The summed E-state index contributed by atoms with van der Waals surface area (Å²) in [5.74, 6) is -3.98. The molecule has 0 aliphatic carbocycles. The highest BCUT2D eigenvalue weighted by Gasteiger charge is 2.30. The number of ether oxygens (including phenoxy) is 1. The minimum Gasteiger partial charge on any atom is -0.457 e. The van der Waals surface area contributed by atoms with Gasteiger partial charge in [-0.15, -0.1) is 0 Å². The van der Waals surface area contributed by atoms with E-state index < -0.39 is 38.3 Å². The number of carbonyl (C=O) groups excluding carboxylic acids is 1. The Balaban J connectivity index is 2.22. The van der Waals surface area contributed by atoms with Gasteiger partial charge in [-0.3, -0.25) is 0 Å². The SMILES string of the molecule is Cc1cc(C2=C(c3cc(F)c(S(N)(=O)=O)c(F)c3)COC2=O)ccc1F. The quantitative estimate of drug-likeness (QED) is 0.826. The van der Waals surface area contributed by atoms with Crippen LogP contribution in [0.15, 0.2) is 35.2 Å². The fraction of sp³-hybridized carbons (Fsp3) is 0.118. The lowest BCUT2D eigenvalue weighted by Gasteiger charge is -2.09. The van der Waals surface area contributed by atoms with Gasteiger partial charge < -0.3 is 4.74 Å². The molecule has 1 aliphatic rings. The summed E-state index contributed by atoms with van der Waals surface area (Å²) in [5, 5.41) is 4.80. The van der Waals surface area contributed by atoms with Gasteiger partial charge in [-0.25, -0.2) is 31.5 Å². The molecule has 1 aliphatic heterocycles. The van der Waals surface area contributed by atoms with Crippen molar-refractivity contribution in [1.29, 1.82) is 0 Å². The van der Waals surface area contributed by atoms with Crippen molar-refractivity contribution in [2.24, 2.45) is 5.14 Å². The van der Waals surface area contributed by atoms with Crippen molar-refractivity contribution >= 4 is 27.1 Å². The Labute approximate surface area is 146 Å². The summed E-state index contributed by atoms with van der Waals surface area (Å²) in [6.45, 7) is 1.23. The lowest BCUT2D eigenvalue weighted by atomic mass is 9.95. The molecule has 2 aromatic rings.